The van der Waals surface area contributed by atoms with Gasteiger partial charge in [-0.1, -0.05) is 161 Å². The minimum atomic E-state index is 0.255. The van der Waals surface area contributed by atoms with Crippen molar-refractivity contribution in [2.24, 2.45) is 0 Å². The molecule has 12 rings (SSSR count). The first-order valence-corrected chi connectivity index (χ1v) is 24.3. The number of nitrogens with zero attached hydrogens (tertiary/aromatic N) is 3. The fourth-order valence-electron chi connectivity index (χ4n) is 10.9. The molecule has 0 unspecified atom stereocenters. The normalized spacial score (nSPS) is 12.4. The Kier molecular flexibility index (Phi) is 10.2. The van der Waals surface area contributed by atoms with Gasteiger partial charge in [0.05, 0.1) is 22.4 Å². The van der Waals surface area contributed by atoms with E-state index < -0.39 is 0 Å². The molecule has 0 radical (unpaired) electrons. The van der Waals surface area contributed by atoms with E-state index in [1.165, 1.54) is 22.3 Å². The molecule has 0 bridgehead atoms. The number of phenolic OH excluding ortho intramolecular Hbond substituents is 1. The minimum absolute atomic E-state index is 0.255. The second kappa shape index (κ2) is 16.6. The number of rotatable bonds is 8. The molecule has 336 valence electrons. The number of fused-ring (bicyclic) bond motifs is 7. The molecule has 0 aliphatic heterocycles. The summed E-state index contributed by atoms with van der Waals surface area (Å²) in [4.78, 5) is 11.1. The van der Waals surface area contributed by atoms with Gasteiger partial charge in [0.25, 0.3) is 0 Å². The van der Waals surface area contributed by atoms with Crippen molar-refractivity contribution in [3.05, 3.63) is 203 Å². The second-order valence-electron chi connectivity index (χ2n) is 19.5. The van der Waals surface area contributed by atoms with Crippen molar-refractivity contribution >= 4 is 33.0 Å². The van der Waals surface area contributed by atoms with E-state index in [9.17, 15) is 5.11 Å². The van der Waals surface area contributed by atoms with Gasteiger partial charge in [0.1, 0.15) is 22.6 Å². The van der Waals surface area contributed by atoms with E-state index in [1.54, 1.807) is 6.07 Å². The summed E-state index contributed by atoms with van der Waals surface area (Å²) in [6.45, 7) is 13.5. The molecule has 0 fully saturated rings. The molecule has 3 heterocycles. The maximum atomic E-state index is 11.2. The van der Waals surface area contributed by atoms with Gasteiger partial charge in [-0.25, -0.2) is 9.97 Å². The Bertz CT molecular complexity index is 3790. The Labute approximate surface area is 403 Å². The van der Waals surface area contributed by atoms with E-state index in [0.29, 0.717) is 11.8 Å². The fourth-order valence-corrected chi connectivity index (χ4v) is 10.9. The first-order chi connectivity index (χ1) is 33.6. The Morgan fingerprint density at radius 3 is 1.94 bits per heavy atom. The molecule has 69 heavy (non-hydrogen) atoms. The van der Waals surface area contributed by atoms with E-state index >= 15 is 0 Å². The van der Waals surface area contributed by atoms with Crippen LogP contribution >= 0.6 is 0 Å². The number of imidazole rings is 1. The first kappa shape index (κ1) is 42.3. The van der Waals surface area contributed by atoms with Crippen LogP contribution in [0.1, 0.15) is 72.9 Å². The topological polar surface area (TPSA) is 64.1 Å². The zero-order chi connectivity index (χ0) is 47.1. The lowest BCUT2D eigenvalue weighted by Crippen LogP contribution is -2.08. The number of hydrogen-bond donors (Lipinski definition) is 1. The number of aromatic hydroxyl groups is 1. The van der Waals surface area contributed by atoms with Gasteiger partial charge >= 0.3 is 0 Å². The van der Waals surface area contributed by atoms with Gasteiger partial charge in [0.15, 0.2) is 5.82 Å². The summed E-state index contributed by atoms with van der Waals surface area (Å²) >= 11 is 0. The van der Waals surface area contributed by atoms with Crippen LogP contribution < -0.4 is 0 Å². The van der Waals surface area contributed by atoms with E-state index in [1.807, 2.05) is 6.07 Å². The molecule has 5 heteroatoms. The van der Waals surface area contributed by atoms with Crippen molar-refractivity contribution < 1.29 is 9.52 Å². The number of para-hydroxylation sites is 3. The molecule has 1 aliphatic rings. The second-order valence-corrected chi connectivity index (χ2v) is 19.5. The number of phenols is 1. The zero-order valence-electron chi connectivity index (χ0n) is 39.9. The number of benzene rings is 8. The monoisotopic (exact) mass is 895 g/mol. The fraction of sp³-hybridized carbons (Fsp3) is 0.156. The van der Waals surface area contributed by atoms with E-state index in [2.05, 4.69) is 204 Å². The molecule has 0 amide bonds. The maximum absolute atomic E-state index is 11.2. The quantitative estimate of drug-likeness (QED) is 0.165. The van der Waals surface area contributed by atoms with Crippen LogP contribution in [0, 0.1) is 13.8 Å². The number of hydrogen-bond acceptors (Lipinski definition) is 4. The standard InChI is InChI=1S/C64H53N3O2/c1-37(2)44-32-45(38(3)4)34-46(33-44)49-23-14-22-48(41-18-8-7-9-19-41)59(49)52-35-47(36-57-60(52)51-21-10-11-27-56(51)69-57)50-24-15-25-54-62(50)66-64(67(54)63-39(5)16-12-17-40(63)6)53-31-30-43-29-28-42-20-13-26-55(68)58(42)61(43)65-53/h7-27,30-38,68H,28-29H2,1-6H3. The van der Waals surface area contributed by atoms with Crippen molar-refractivity contribution in [2.75, 3.05) is 0 Å². The van der Waals surface area contributed by atoms with Crippen molar-refractivity contribution in [1.82, 2.24) is 14.5 Å². The molecule has 1 N–H and O–H groups in total. The van der Waals surface area contributed by atoms with E-state index in [-0.39, 0.29) is 5.75 Å². The van der Waals surface area contributed by atoms with Crippen LogP contribution in [-0.2, 0) is 12.8 Å². The summed E-state index contributed by atoms with van der Waals surface area (Å²) in [5.41, 5.74) is 23.1. The maximum Gasteiger partial charge on any atom is 0.164 e. The Hall–Kier alpha value is -8.02. The Morgan fingerprint density at radius 1 is 0.522 bits per heavy atom. The summed E-state index contributed by atoms with van der Waals surface area (Å²) in [5, 5.41) is 13.4. The number of aromatic nitrogens is 3. The van der Waals surface area contributed by atoms with E-state index in [4.69, 9.17) is 14.4 Å². The predicted molar refractivity (Wildman–Crippen MR) is 285 cm³/mol. The number of furan rings is 1. The zero-order valence-corrected chi connectivity index (χ0v) is 39.9. The summed E-state index contributed by atoms with van der Waals surface area (Å²) in [7, 11) is 0. The van der Waals surface area contributed by atoms with Crippen molar-refractivity contribution in [1.29, 1.82) is 0 Å². The van der Waals surface area contributed by atoms with Crippen molar-refractivity contribution in [3.63, 3.8) is 0 Å². The summed E-state index contributed by atoms with van der Waals surface area (Å²) < 4.78 is 9.21. The SMILES string of the molecule is Cc1cccc(C)c1-n1c(-c2ccc3c(n2)-c2c(O)cccc2CC3)nc2c(-c3cc(-c4c(-c5ccccc5)cccc4-c4cc(C(C)C)cc(C(C)C)c4)c4c(c3)oc3ccccc34)cccc21. The van der Waals surface area contributed by atoms with Gasteiger partial charge in [-0.2, -0.15) is 0 Å². The summed E-state index contributed by atoms with van der Waals surface area (Å²) in [6, 6.07) is 60.8. The molecular formula is C64H53N3O2. The molecule has 0 saturated carbocycles. The van der Waals surface area contributed by atoms with Gasteiger partial charge in [-0.15, -0.1) is 0 Å². The predicted octanol–water partition coefficient (Wildman–Crippen LogP) is 17.0. The van der Waals surface area contributed by atoms with Crippen LogP contribution in [0.5, 0.6) is 5.75 Å². The highest BCUT2D eigenvalue weighted by Gasteiger charge is 2.27. The van der Waals surface area contributed by atoms with E-state index in [0.717, 1.165) is 130 Å². The number of aryl methyl sites for hydroxylation is 4. The summed E-state index contributed by atoms with van der Waals surface area (Å²) in [5.74, 6) is 1.73. The van der Waals surface area contributed by atoms with Crippen molar-refractivity contribution in [2.45, 2.75) is 66.2 Å². The van der Waals surface area contributed by atoms with Crippen LogP contribution in [-0.4, -0.2) is 19.6 Å². The van der Waals surface area contributed by atoms with Gasteiger partial charge in [-0.3, -0.25) is 4.57 Å². The van der Waals surface area contributed by atoms with Gasteiger partial charge in [0.2, 0.25) is 0 Å². The van der Waals surface area contributed by atoms with Crippen LogP contribution in [0.2, 0.25) is 0 Å². The van der Waals surface area contributed by atoms with Crippen LogP contribution in [0.3, 0.4) is 0 Å². The average Bonchev–Trinajstić information content (AvgIpc) is 3.95. The number of pyridine rings is 1. The lowest BCUT2D eigenvalue weighted by molar-refractivity contribution is 0.476. The average molecular weight is 896 g/mol. The molecule has 8 aromatic carbocycles. The molecular weight excluding hydrogens is 843 g/mol. The summed E-state index contributed by atoms with van der Waals surface area (Å²) in [6.07, 6.45) is 1.72. The molecule has 11 aromatic rings. The third-order valence-electron chi connectivity index (χ3n) is 14.4. The van der Waals surface area contributed by atoms with Gasteiger partial charge in [0, 0.05) is 21.9 Å². The van der Waals surface area contributed by atoms with Gasteiger partial charge < -0.3 is 9.52 Å². The lowest BCUT2D eigenvalue weighted by atomic mass is 9.83. The van der Waals surface area contributed by atoms with Crippen LogP contribution in [0.15, 0.2) is 174 Å². The first-order valence-electron chi connectivity index (χ1n) is 24.3. The van der Waals surface area contributed by atoms with Gasteiger partial charge in [-0.05, 0) is 147 Å². The molecule has 5 nitrogen and oxygen atoms in total. The lowest BCUT2D eigenvalue weighted by Gasteiger charge is -2.21. The van der Waals surface area contributed by atoms with Crippen LogP contribution in [0.4, 0.5) is 0 Å². The van der Waals surface area contributed by atoms with Crippen LogP contribution in [0.25, 0.3) is 106 Å². The molecule has 1 aliphatic carbocycles. The molecule has 0 saturated heterocycles. The molecule has 3 aromatic heterocycles. The highest BCUT2D eigenvalue weighted by molar-refractivity contribution is 6.17. The largest absolute Gasteiger partial charge is 0.507 e. The highest BCUT2D eigenvalue weighted by atomic mass is 16.3. The Balaban J connectivity index is 1.16. The van der Waals surface area contributed by atoms with Crippen molar-refractivity contribution in [3.8, 4) is 78.7 Å². The molecule has 0 atom stereocenters. The smallest absolute Gasteiger partial charge is 0.164 e. The minimum Gasteiger partial charge on any atom is -0.507 e. The molecule has 0 spiro atoms. The highest BCUT2D eigenvalue weighted by Crippen LogP contribution is 2.49. The Morgan fingerprint density at radius 2 is 1.17 bits per heavy atom. The third-order valence-corrected chi connectivity index (χ3v) is 14.4. The third kappa shape index (κ3) is 7.06.